The van der Waals surface area contributed by atoms with Crippen LogP contribution < -0.4 is 0 Å². The van der Waals surface area contributed by atoms with E-state index >= 15 is 0 Å². The van der Waals surface area contributed by atoms with Crippen LogP contribution in [0.25, 0.3) is 0 Å². The Morgan fingerprint density at radius 2 is 0.622 bits per heavy atom. The molecule has 0 aromatic heterocycles. The molecule has 0 bridgehead atoms. The predicted molar refractivity (Wildman–Crippen MR) is 326 cm³/mol. The zero-order valence-corrected chi connectivity index (χ0v) is 54.6. The molecule has 0 aromatic carbocycles. The maximum Gasteiger partial charge on any atom is 0.472 e. The molecule has 6 atom stereocenters. The molecule has 0 saturated heterocycles. The smallest absolute Gasteiger partial charge is 0.462 e. The molecule has 0 radical (unpaired) electrons. The van der Waals surface area contributed by atoms with Crippen molar-refractivity contribution in [2.24, 2.45) is 11.8 Å². The van der Waals surface area contributed by atoms with Gasteiger partial charge in [-0.3, -0.25) is 37.3 Å². The summed E-state index contributed by atoms with van der Waals surface area (Å²) in [5, 5.41) is 10.5. The first-order valence-corrected chi connectivity index (χ1v) is 36.0. The number of rotatable bonds is 62. The summed E-state index contributed by atoms with van der Waals surface area (Å²) in [5.74, 6) is -0.661. The van der Waals surface area contributed by atoms with Gasteiger partial charge in [-0.2, -0.15) is 0 Å². The van der Waals surface area contributed by atoms with Crippen molar-refractivity contribution in [1.29, 1.82) is 0 Å². The molecular formula is C63H122O17P2. The third kappa shape index (κ3) is 55.9. The second kappa shape index (κ2) is 55.6. The van der Waals surface area contributed by atoms with Gasteiger partial charge in [-0.1, -0.05) is 260 Å². The summed E-state index contributed by atoms with van der Waals surface area (Å²) in [5.41, 5.74) is 0. The highest BCUT2D eigenvalue weighted by molar-refractivity contribution is 7.47. The number of carbonyl (C=O) groups is 4. The van der Waals surface area contributed by atoms with Crippen molar-refractivity contribution in [3.8, 4) is 0 Å². The summed E-state index contributed by atoms with van der Waals surface area (Å²) < 4.78 is 67.8. The normalized spacial score (nSPS) is 14.7. The highest BCUT2D eigenvalue weighted by Crippen LogP contribution is 2.45. The van der Waals surface area contributed by atoms with Crippen molar-refractivity contribution < 1.29 is 80.2 Å². The zero-order valence-electron chi connectivity index (χ0n) is 52.8. The van der Waals surface area contributed by atoms with Crippen molar-refractivity contribution in [2.45, 2.75) is 330 Å². The number of hydrogen-bond donors (Lipinski definition) is 3. The molecule has 0 aromatic rings. The summed E-state index contributed by atoms with van der Waals surface area (Å²) >= 11 is 0. The Hall–Kier alpha value is -1.94. The van der Waals surface area contributed by atoms with E-state index in [-0.39, 0.29) is 25.7 Å². The molecule has 0 fully saturated rings. The molecule has 3 unspecified atom stereocenters. The molecule has 0 rings (SSSR count). The van der Waals surface area contributed by atoms with E-state index in [4.69, 9.17) is 37.0 Å². The van der Waals surface area contributed by atoms with Gasteiger partial charge in [0.15, 0.2) is 12.2 Å². The Balaban J connectivity index is 5.19. The Bertz CT molecular complexity index is 1620. The van der Waals surface area contributed by atoms with Crippen molar-refractivity contribution >= 4 is 39.5 Å². The average molecular weight is 1210 g/mol. The molecule has 0 heterocycles. The van der Waals surface area contributed by atoms with Gasteiger partial charge in [0.2, 0.25) is 0 Å². The van der Waals surface area contributed by atoms with Gasteiger partial charge >= 0.3 is 39.5 Å². The number of hydrogen-bond acceptors (Lipinski definition) is 15. The van der Waals surface area contributed by atoms with Crippen molar-refractivity contribution in [3.63, 3.8) is 0 Å². The fraction of sp³-hybridized carbons (Fsp3) is 0.937. The van der Waals surface area contributed by atoms with Crippen LogP contribution >= 0.6 is 15.6 Å². The van der Waals surface area contributed by atoms with Crippen LogP contribution in [-0.2, 0) is 65.4 Å². The third-order valence-corrected chi connectivity index (χ3v) is 16.7. The Labute approximate surface area is 498 Å². The van der Waals surface area contributed by atoms with E-state index in [9.17, 15) is 43.2 Å². The number of aliphatic hydroxyl groups excluding tert-OH is 1. The van der Waals surface area contributed by atoms with Crippen LogP contribution in [0.15, 0.2) is 0 Å². The number of unbranched alkanes of at least 4 members (excludes halogenated alkanes) is 31. The molecule has 0 aliphatic rings. The minimum absolute atomic E-state index is 0.102. The van der Waals surface area contributed by atoms with Gasteiger partial charge in [0, 0.05) is 25.7 Å². The van der Waals surface area contributed by atoms with E-state index in [0.29, 0.717) is 25.7 Å². The number of phosphoric acid groups is 2. The quantitative estimate of drug-likeness (QED) is 0.0222. The summed E-state index contributed by atoms with van der Waals surface area (Å²) in [4.78, 5) is 71.9. The highest BCUT2D eigenvalue weighted by atomic mass is 31.2. The Morgan fingerprint density at radius 3 is 0.927 bits per heavy atom. The van der Waals surface area contributed by atoms with E-state index in [2.05, 4.69) is 41.5 Å². The standard InChI is InChI=1S/C63H122O17P2/c1-7-10-12-14-15-16-17-18-21-24-27-34-40-46-61(66)74-52-59(79-62(67)47-41-35-28-25-22-19-20-23-26-32-37-43-55(4)5)54-78-82(71,72)76-50-57(64)49-75-81(69,70)77-53-58(51-73-60(65)45-39-31-13-11-8-2)80-63(68)48-42-36-30-29-33-38-44-56(6)9-3/h55-59,64H,7-54H2,1-6H3,(H,69,70)(H,71,72)/t56?,57-,58+,59+/m0/s1. The largest absolute Gasteiger partial charge is 0.472 e. The first-order valence-electron chi connectivity index (χ1n) is 33.0. The minimum Gasteiger partial charge on any atom is -0.462 e. The van der Waals surface area contributed by atoms with E-state index in [1.807, 2.05) is 0 Å². The van der Waals surface area contributed by atoms with E-state index in [0.717, 1.165) is 108 Å². The number of carbonyl (C=O) groups excluding carboxylic acids is 4. The molecule has 0 aliphatic heterocycles. The number of esters is 4. The lowest BCUT2D eigenvalue weighted by atomic mass is 10.00. The van der Waals surface area contributed by atoms with Gasteiger partial charge in [-0.05, 0) is 37.5 Å². The van der Waals surface area contributed by atoms with Crippen LogP contribution in [0, 0.1) is 11.8 Å². The van der Waals surface area contributed by atoms with Gasteiger partial charge < -0.3 is 33.8 Å². The van der Waals surface area contributed by atoms with Crippen LogP contribution in [0.1, 0.15) is 311 Å². The number of ether oxygens (including phenoxy) is 4. The second-order valence-electron chi connectivity index (χ2n) is 23.5. The van der Waals surface area contributed by atoms with Crippen LogP contribution in [-0.4, -0.2) is 96.7 Å². The predicted octanol–water partition coefficient (Wildman–Crippen LogP) is 17.3. The Morgan fingerprint density at radius 1 is 0.354 bits per heavy atom. The van der Waals surface area contributed by atoms with Crippen molar-refractivity contribution in [1.82, 2.24) is 0 Å². The molecule has 0 aliphatic carbocycles. The topological polar surface area (TPSA) is 237 Å². The molecule has 3 N–H and O–H groups in total. The summed E-state index contributed by atoms with van der Waals surface area (Å²) in [6.07, 6.45) is 37.9. The van der Waals surface area contributed by atoms with Gasteiger partial charge in [0.25, 0.3) is 0 Å². The van der Waals surface area contributed by atoms with Crippen LogP contribution in [0.5, 0.6) is 0 Å². The van der Waals surface area contributed by atoms with Gasteiger partial charge in [-0.15, -0.1) is 0 Å². The van der Waals surface area contributed by atoms with Gasteiger partial charge in [0.1, 0.15) is 19.3 Å². The molecule has 82 heavy (non-hydrogen) atoms. The fourth-order valence-electron chi connectivity index (χ4n) is 9.32. The van der Waals surface area contributed by atoms with Crippen molar-refractivity contribution in [2.75, 3.05) is 39.6 Å². The molecular weight excluding hydrogens is 1090 g/mol. The van der Waals surface area contributed by atoms with E-state index in [1.54, 1.807) is 0 Å². The first-order chi connectivity index (χ1) is 39.4. The minimum atomic E-state index is -4.94. The van der Waals surface area contributed by atoms with Crippen LogP contribution in [0.2, 0.25) is 0 Å². The summed E-state index contributed by atoms with van der Waals surface area (Å²) in [6.45, 7) is 9.35. The number of phosphoric ester groups is 2. The summed E-state index contributed by atoms with van der Waals surface area (Å²) in [6, 6.07) is 0. The average Bonchev–Trinajstić information content (AvgIpc) is 3.44. The molecule has 486 valence electrons. The summed E-state index contributed by atoms with van der Waals surface area (Å²) in [7, 11) is -9.88. The van der Waals surface area contributed by atoms with Crippen LogP contribution in [0.4, 0.5) is 0 Å². The Kier molecular flexibility index (Phi) is 54.3. The highest BCUT2D eigenvalue weighted by Gasteiger charge is 2.30. The van der Waals surface area contributed by atoms with Gasteiger partial charge in [-0.25, -0.2) is 9.13 Å². The maximum atomic E-state index is 13.0. The van der Waals surface area contributed by atoms with Crippen LogP contribution in [0.3, 0.4) is 0 Å². The monoisotopic (exact) mass is 1210 g/mol. The lowest BCUT2D eigenvalue weighted by molar-refractivity contribution is -0.161. The second-order valence-corrected chi connectivity index (χ2v) is 26.4. The molecule has 0 saturated carbocycles. The lowest BCUT2D eigenvalue weighted by Gasteiger charge is -2.21. The SMILES string of the molecule is CCCCCCCCCCCCCCCC(=O)OC[C@H](COP(=O)(O)OC[C@@H](O)COP(=O)(O)OC[C@@H](COC(=O)CCCCCCC)OC(=O)CCCCCCCCC(C)CC)OC(=O)CCCCCCCCCCCCCC(C)C. The zero-order chi connectivity index (χ0) is 60.8. The maximum absolute atomic E-state index is 13.0. The number of aliphatic hydroxyl groups is 1. The van der Waals surface area contributed by atoms with E-state index in [1.165, 1.54) is 122 Å². The molecule has 0 amide bonds. The fourth-order valence-corrected chi connectivity index (χ4v) is 10.9. The van der Waals surface area contributed by atoms with E-state index < -0.39 is 97.5 Å². The first kappa shape index (κ1) is 80.1. The van der Waals surface area contributed by atoms with Crippen molar-refractivity contribution in [3.05, 3.63) is 0 Å². The molecule has 17 nitrogen and oxygen atoms in total. The molecule has 19 heteroatoms. The molecule has 0 spiro atoms. The lowest BCUT2D eigenvalue weighted by Crippen LogP contribution is -2.30. The third-order valence-electron chi connectivity index (χ3n) is 14.8. The van der Waals surface area contributed by atoms with Gasteiger partial charge in [0.05, 0.1) is 26.4 Å².